The van der Waals surface area contributed by atoms with Gasteiger partial charge in [0.05, 0.1) is 22.3 Å². The summed E-state index contributed by atoms with van der Waals surface area (Å²) in [6.07, 6.45) is 0. The van der Waals surface area contributed by atoms with Crippen molar-refractivity contribution in [3.63, 3.8) is 0 Å². The van der Waals surface area contributed by atoms with E-state index in [1.54, 1.807) is 48.5 Å². The number of hydrogen-bond donors (Lipinski definition) is 1. The van der Waals surface area contributed by atoms with Gasteiger partial charge in [0.1, 0.15) is 23.1 Å². The van der Waals surface area contributed by atoms with Crippen molar-refractivity contribution in [2.45, 2.75) is 5.16 Å². The molecular weight excluding hydrogens is 496 g/mol. The Morgan fingerprint density at radius 2 is 1.65 bits per heavy atom. The van der Waals surface area contributed by atoms with Gasteiger partial charge in [-0.15, -0.1) is 0 Å². The van der Waals surface area contributed by atoms with Gasteiger partial charge in [-0.3, -0.25) is 14.2 Å². The number of nitrogens with zero attached hydrogens (tertiary/aromatic N) is 2. The lowest BCUT2D eigenvalue weighted by atomic mass is 10.2. The molecule has 37 heavy (non-hydrogen) atoms. The van der Waals surface area contributed by atoms with E-state index in [9.17, 15) is 18.4 Å². The molecule has 0 spiro atoms. The van der Waals surface area contributed by atoms with Gasteiger partial charge in [-0.1, -0.05) is 48.2 Å². The number of fused-ring (bicyclic) bond motifs is 1. The molecule has 6 nitrogen and oxygen atoms in total. The lowest BCUT2D eigenvalue weighted by Gasteiger charge is -2.14. The maximum atomic E-state index is 14.6. The van der Waals surface area contributed by atoms with E-state index in [2.05, 4.69) is 10.3 Å². The van der Waals surface area contributed by atoms with Crippen LogP contribution < -0.4 is 15.6 Å². The zero-order chi connectivity index (χ0) is 25.8. The van der Waals surface area contributed by atoms with E-state index < -0.39 is 17.2 Å². The summed E-state index contributed by atoms with van der Waals surface area (Å²) in [6.45, 7) is 0. The third-order valence-electron chi connectivity index (χ3n) is 5.32. The second kappa shape index (κ2) is 10.6. The predicted octanol–water partition coefficient (Wildman–Crippen LogP) is 6.19. The van der Waals surface area contributed by atoms with Gasteiger partial charge in [0.2, 0.25) is 5.91 Å². The molecule has 5 rings (SSSR count). The number of thioether (sulfide) groups is 1. The molecular formula is C28H19F2N3O3S. The van der Waals surface area contributed by atoms with Crippen molar-refractivity contribution in [3.05, 3.63) is 119 Å². The molecule has 0 aliphatic carbocycles. The van der Waals surface area contributed by atoms with Crippen molar-refractivity contribution in [1.82, 2.24) is 9.55 Å². The summed E-state index contributed by atoms with van der Waals surface area (Å²) < 4.78 is 35.0. The minimum atomic E-state index is -0.916. The highest BCUT2D eigenvalue weighted by atomic mass is 32.2. The van der Waals surface area contributed by atoms with Crippen molar-refractivity contribution in [3.8, 4) is 17.2 Å². The summed E-state index contributed by atoms with van der Waals surface area (Å²) in [5.74, 6) is -0.952. The van der Waals surface area contributed by atoms with E-state index >= 15 is 0 Å². The van der Waals surface area contributed by atoms with Crippen LogP contribution in [0.15, 0.2) is 107 Å². The van der Waals surface area contributed by atoms with E-state index in [4.69, 9.17) is 4.74 Å². The van der Waals surface area contributed by atoms with Crippen LogP contribution in [0.25, 0.3) is 16.6 Å². The Morgan fingerprint density at radius 1 is 0.892 bits per heavy atom. The normalized spacial score (nSPS) is 10.9. The van der Waals surface area contributed by atoms with Gasteiger partial charge < -0.3 is 10.1 Å². The summed E-state index contributed by atoms with van der Waals surface area (Å²) in [7, 11) is 0. The number of para-hydroxylation sites is 2. The number of amides is 1. The number of carbonyl (C=O) groups is 1. The van der Waals surface area contributed by atoms with Crippen LogP contribution in [0, 0.1) is 11.6 Å². The lowest BCUT2D eigenvalue weighted by molar-refractivity contribution is -0.113. The van der Waals surface area contributed by atoms with E-state index in [1.807, 2.05) is 30.3 Å². The number of benzene rings is 4. The summed E-state index contributed by atoms with van der Waals surface area (Å²) in [4.78, 5) is 30.5. The van der Waals surface area contributed by atoms with Crippen LogP contribution in [0.1, 0.15) is 0 Å². The number of nitrogens with one attached hydrogen (secondary N) is 1. The number of rotatable bonds is 7. The van der Waals surface area contributed by atoms with Gasteiger partial charge in [-0.2, -0.15) is 0 Å². The average Bonchev–Trinajstić information content (AvgIpc) is 2.89. The highest BCUT2D eigenvalue weighted by Crippen LogP contribution is 2.26. The van der Waals surface area contributed by atoms with Crippen LogP contribution in [0.2, 0.25) is 0 Å². The maximum Gasteiger partial charge on any atom is 0.266 e. The topological polar surface area (TPSA) is 73.2 Å². The number of anilines is 1. The number of hydrogen-bond acceptors (Lipinski definition) is 5. The molecule has 4 aromatic carbocycles. The molecule has 0 aliphatic heterocycles. The van der Waals surface area contributed by atoms with Crippen molar-refractivity contribution in [1.29, 1.82) is 0 Å². The minimum absolute atomic E-state index is 0.102. The second-order valence-corrected chi connectivity index (χ2v) is 8.87. The Morgan fingerprint density at radius 3 is 2.46 bits per heavy atom. The SMILES string of the molecule is O=C(CSc1nc2ccccc2c(=O)n1-c1ccc(F)cc1F)Nc1cccc(Oc2ccccc2)c1. The van der Waals surface area contributed by atoms with Gasteiger partial charge in [-0.25, -0.2) is 13.8 Å². The molecule has 0 fully saturated rings. The molecule has 0 aliphatic rings. The van der Waals surface area contributed by atoms with Crippen LogP contribution in [0.4, 0.5) is 14.5 Å². The second-order valence-electron chi connectivity index (χ2n) is 7.93. The molecule has 0 saturated heterocycles. The Bertz CT molecular complexity index is 1660. The number of ether oxygens (including phenoxy) is 1. The minimum Gasteiger partial charge on any atom is -0.457 e. The summed E-state index contributed by atoms with van der Waals surface area (Å²) in [5, 5.41) is 3.17. The Hall–Kier alpha value is -4.50. The van der Waals surface area contributed by atoms with Gasteiger partial charge in [0.25, 0.3) is 5.56 Å². The van der Waals surface area contributed by atoms with Gasteiger partial charge in [0.15, 0.2) is 5.16 Å². The molecule has 5 aromatic rings. The quantitative estimate of drug-likeness (QED) is 0.207. The van der Waals surface area contributed by atoms with Crippen molar-refractivity contribution >= 4 is 34.3 Å². The summed E-state index contributed by atoms with van der Waals surface area (Å²) in [6, 6.07) is 25.7. The molecule has 1 amide bonds. The van der Waals surface area contributed by atoms with E-state index in [0.29, 0.717) is 28.8 Å². The first kappa shape index (κ1) is 24.2. The fourth-order valence-electron chi connectivity index (χ4n) is 3.67. The number of halogens is 2. The molecule has 0 unspecified atom stereocenters. The third-order valence-corrected chi connectivity index (χ3v) is 6.26. The van der Waals surface area contributed by atoms with Gasteiger partial charge in [-0.05, 0) is 48.5 Å². The molecule has 0 atom stereocenters. The fourth-order valence-corrected chi connectivity index (χ4v) is 4.48. The number of aromatic nitrogens is 2. The van der Waals surface area contributed by atoms with E-state index in [0.717, 1.165) is 22.4 Å². The number of carbonyl (C=O) groups excluding carboxylic acids is 1. The fraction of sp³-hybridized carbons (Fsp3) is 0.0357. The zero-order valence-corrected chi connectivity index (χ0v) is 20.0. The van der Waals surface area contributed by atoms with Gasteiger partial charge in [0, 0.05) is 17.8 Å². The van der Waals surface area contributed by atoms with Crippen molar-refractivity contribution in [2.24, 2.45) is 0 Å². The van der Waals surface area contributed by atoms with Crippen LogP contribution in [0.5, 0.6) is 11.5 Å². The van der Waals surface area contributed by atoms with Crippen LogP contribution in [-0.2, 0) is 4.79 Å². The smallest absolute Gasteiger partial charge is 0.266 e. The zero-order valence-electron chi connectivity index (χ0n) is 19.2. The Balaban J connectivity index is 1.38. The average molecular weight is 516 g/mol. The molecule has 0 radical (unpaired) electrons. The first-order chi connectivity index (χ1) is 18.0. The van der Waals surface area contributed by atoms with Crippen LogP contribution in [-0.4, -0.2) is 21.2 Å². The molecule has 184 valence electrons. The molecule has 1 N–H and O–H groups in total. The highest BCUT2D eigenvalue weighted by Gasteiger charge is 2.18. The molecule has 9 heteroatoms. The third kappa shape index (κ3) is 5.52. The van der Waals surface area contributed by atoms with Gasteiger partial charge >= 0.3 is 0 Å². The first-order valence-electron chi connectivity index (χ1n) is 11.2. The van der Waals surface area contributed by atoms with Crippen molar-refractivity contribution < 1.29 is 18.3 Å². The van der Waals surface area contributed by atoms with Crippen molar-refractivity contribution in [2.75, 3.05) is 11.1 Å². The first-order valence-corrected chi connectivity index (χ1v) is 12.2. The lowest BCUT2D eigenvalue weighted by Crippen LogP contribution is -2.23. The van der Waals surface area contributed by atoms with Crippen LogP contribution in [0.3, 0.4) is 0 Å². The highest BCUT2D eigenvalue weighted by molar-refractivity contribution is 7.99. The molecule has 0 bridgehead atoms. The summed E-state index contributed by atoms with van der Waals surface area (Å²) in [5.41, 5.74) is 0.246. The monoisotopic (exact) mass is 515 g/mol. The van der Waals surface area contributed by atoms with E-state index in [-0.39, 0.29) is 27.9 Å². The standard InChI is InChI=1S/C28H19F2N3O3S/c29-18-13-14-25(23(30)15-18)33-27(35)22-11-4-5-12-24(22)32-28(33)37-17-26(34)31-19-7-6-10-21(16-19)36-20-8-2-1-3-9-20/h1-16H,17H2,(H,31,34). The Labute approximate surface area is 214 Å². The maximum absolute atomic E-state index is 14.6. The van der Waals surface area contributed by atoms with E-state index in [1.165, 1.54) is 6.07 Å². The molecule has 1 aromatic heterocycles. The predicted molar refractivity (Wildman–Crippen MR) is 140 cm³/mol. The molecule has 0 saturated carbocycles. The van der Waals surface area contributed by atoms with Crippen LogP contribution >= 0.6 is 11.8 Å². The molecule has 1 heterocycles. The summed E-state index contributed by atoms with van der Waals surface area (Å²) >= 11 is 0.966. The Kier molecular flexibility index (Phi) is 6.96. The largest absolute Gasteiger partial charge is 0.457 e.